The molecule has 5 unspecified atom stereocenters. The molecule has 3 aromatic rings. The molecule has 3 aromatic heterocycles. The first-order valence-corrected chi connectivity index (χ1v) is 11.2. The summed E-state index contributed by atoms with van der Waals surface area (Å²) >= 11 is 8.65. The lowest BCUT2D eigenvalue weighted by molar-refractivity contribution is -0.186. The first-order chi connectivity index (χ1) is 15.0. The minimum absolute atomic E-state index is 0.183. The Kier molecular flexibility index (Phi) is 6.83. The van der Waals surface area contributed by atoms with Gasteiger partial charge in [-0.2, -0.15) is 5.26 Å². The molecule has 1 aliphatic rings. The van der Waals surface area contributed by atoms with Crippen molar-refractivity contribution in [3.05, 3.63) is 40.8 Å². The van der Waals surface area contributed by atoms with Gasteiger partial charge in [-0.3, -0.25) is 0 Å². The van der Waals surface area contributed by atoms with E-state index in [1.807, 2.05) is 11.4 Å². The van der Waals surface area contributed by atoms with E-state index in [0.717, 1.165) is 0 Å². The van der Waals surface area contributed by atoms with Crippen LogP contribution in [0.4, 0.5) is 0 Å². The van der Waals surface area contributed by atoms with E-state index in [-0.39, 0.29) is 5.69 Å². The first-order valence-electron chi connectivity index (χ1n) is 9.07. The Morgan fingerprint density at radius 1 is 1.45 bits per heavy atom. The molecular formula is C18H17ClN6O4S2. The van der Waals surface area contributed by atoms with Crippen molar-refractivity contribution in [2.75, 3.05) is 13.7 Å². The molecule has 0 spiro atoms. The van der Waals surface area contributed by atoms with Crippen molar-refractivity contribution in [2.45, 2.75) is 34.7 Å². The Hall–Kier alpha value is -2.11. The molecule has 162 valence electrons. The molecule has 2 N–H and O–H groups in total. The lowest BCUT2D eigenvalue weighted by atomic mass is 9.97. The van der Waals surface area contributed by atoms with Gasteiger partial charge in [-0.05, 0) is 6.07 Å². The van der Waals surface area contributed by atoms with Crippen molar-refractivity contribution in [1.29, 1.82) is 5.26 Å². The Labute approximate surface area is 190 Å². The average Bonchev–Trinajstić information content (AvgIpc) is 3.46. The zero-order valence-corrected chi connectivity index (χ0v) is 18.5. The van der Waals surface area contributed by atoms with Crippen LogP contribution in [0.1, 0.15) is 11.7 Å². The lowest BCUT2D eigenvalue weighted by Gasteiger charge is -2.43. The summed E-state index contributed by atoms with van der Waals surface area (Å²) in [6, 6.07) is 2.92. The van der Waals surface area contributed by atoms with E-state index in [1.165, 1.54) is 41.1 Å². The van der Waals surface area contributed by atoms with Crippen molar-refractivity contribution in [3.8, 4) is 16.8 Å². The maximum Gasteiger partial charge on any atom is 0.154 e. The van der Waals surface area contributed by atoms with Gasteiger partial charge in [0.15, 0.2) is 5.69 Å². The number of rotatable bonds is 6. The Balaban J connectivity index is 1.68. The third kappa shape index (κ3) is 4.44. The highest BCUT2D eigenvalue weighted by Gasteiger charge is 2.47. The van der Waals surface area contributed by atoms with E-state index in [4.69, 9.17) is 21.1 Å². The quantitative estimate of drug-likeness (QED) is 0.536. The van der Waals surface area contributed by atoms with Crippen LogP contribution in [0.3, 0.4) is 0 Å². The van der Waals surface area contributed by atoms with Gasteiger partial charge in [-0.15, -0.1) is 16.4 Å². The zero-order chi connectivity index (χ0) is 22.0. The zero-order valence-electron chi connectivity index (χ0n) is 16.1. The third-order valence-corrected chi connectivity index (χ3v) is 6.91. The van der Waals surface area contributed by atoms with Crippen LogP contribution >= 0.6 is 34.7 Å². The van der Waals surface area contributed by atoms with Crippen LogP contribution in [0.5, 0.6) is 0 Å². The molecule has 4 heterocycles. The smallest absolute Gasteiger partial charge is 0.154 e. The number of thioether (sulfide) groups is 1. The molecule has 10 nitrogen and oxygen atoms in total. The lowest BCUT2D eigenvalue weighted by Crippen LogP contribution is -2.55. The summed E-state index contributed by atoms with van der Waals surface area (Å²) in [7, 11) is 1.49. The summed E-state index contributed by atoms with van der Waals surface area (Å²) in [6.45, 7) is -0.419. The summed E-state index contributed by atoms with van der Waals surface area (Å²) < 4.78 is 13.1. The fraction of sp³-hybridized carbons (Fsp3) is 0.389. The fourth-order valence-corrected chi connectivity index (χ4v) is 5.37. The third-order valence-electron chi connectivity index (χ3n) is 4.73. The van der Waals surface area contributed by atoms with Gasteiger partial charge in [0.25, 0.3) is 0 Å². The molecule has 4 rings (SSSR count). The fourth-order valence-electron chi connectivity index (χ4n) is 3.30. The van der Waals surface area contributed by atoms with E-state index in [0.29, 0.717) is 20.6 Å². The van der Waals surface area contributed by atoms with Crippen LogP contribution < -0.4 is 0 Å². The molecule has 5 atom stereocenters. The first kappa shape index (κ1) is 22.1. The number of aliphatic hydroxyl groups excluding tert-OH is 2. The number of hydrogen-bond donors (Lipinski definition) is 2. The van der Waals surface area contributed by atoms with Crippen LogP contribution in [0.25, 0.3) is 10.7 Å². The van der Waals surface area contributed by atoms with Crippen molar-refractivity contribution in [2.24, 2.45) is 0 Å². The van der Waals surface area contributed by atoms with Crippen molar-refractivity contribution >= 4 is 34.7 Å². The number of methoxy groups -OCH3 is 1. The molecule has 1 aliphatic heterocycles. The summed E-state index contributed by atoms with van der Waals surface area (Å²) in [5, 5.41) is 41.3. The van der Waals surface area contributed by atoms with Crippen LogP contribution in [0, 0.1) is 11.3 Å². The van der Waals surface area contributed by atoms with Gasteiger partial charge in [0, 0.05) is 29.8 Å². The van der Waals surface area contributed by atoms with Gasteiger partial charge in [0.1, 0.15) is 46.6 Å². The number of aliphatic hydroxyl groups is 2. The van der Waals surface area contributed by atoms with Gasteiger partial charge in [-0.25, -0.2) is 14.6 Å². The molecule has 13 heteroatoms. The monoisotopic (exact) mass is 480 g/mol. The second-order valence-electron chi connectivity index (χ2n) is 6.56. The highest BCUT2D eigenvalue weighted by molar-refractivity contribution is 7.99. The number of hydrogen-bond acceptors (Lipinski definition) is 11. The summed E-state index contributed by atoms with van der Waals surface area (Å²) in [6.07, 6.45) is 2.00. The van der Waals surface area contributed by atoms with Crippen LogP contribution in [0.15, 0.2) is 34.9 Å². The second-order valence-corrected chi connectivity index (χ2v) is 9.03. The predicted molar refractivity (Wildman–Crippen MR) is 113 cm³/mol. The van der Waals surface area contributed by atoms with Crippen LogP contribution in [-0.2, 0) is 9.47 Å². The standard InChI is InChI=1S/C18H17ClN6O4S2/c1-28-16-14(25-7-11(23-24-25)17-21-2-3-30-17)15(27)12(8-26)29-18(16)31-13-4-9(19)6-22-10(13)5-20/h2-4,6-7,12,14-16,18,26-27H,8H2,1H3. The number of nitriles is 1. The summed E-state index contributed by atoms with van der Waals surface area (Å²) in [5.74, 6) is 0. The van der Waals surface area contributed by atoms with Gasteiger partial charge in [-0.1, -0.05) is 28.6 Å². The largest absolute Gasteiger partial charge is 0.394 e. The summed E-state index contributed by atoms with van der Waals surface area (Å²) in [4.78, 5) is 8.75. The summed E-state index contributed by atoms with van der Waals surface area (Å²) in [5.41, 5.74) is 0.0393. The second kappa shape index (κ2) is 9.58. The SMILES string of the molecule is COC1C(Sc2cc(Cl)cnc2C#N)OC(CO)C(O)C1n1cc(-c2nccs2)nn1. The molecular weight excluding hydrogens is 464 g/mol. The predicted octanol–water partition coefficient (Wildman–Crippen LogP) is 1.75. The number of nitrogens with zero attached hydrogens (tertiary/aromatic N) is 6. The highest BCUT2D eigenvalue weighted by atomic mass is 35.5. The number of thiazole rings is 1. The topological polar surface area (TPSA) is 139 Å². The highest BCUT2D eigenvalue weighted by Crippen LogP contribution is 2.40. The molecule has 0 amide bonds. The molecule has 1 fully saturated rings. The molecule has 0 bridgehead atoms. The molecule has 0 radical (unpaired) electrons. The number of halogens is 1. The van der Waals surface area contributed by atoms with Crippen molar-refractivity contribution < 1.29 is 19.7 Å². The number of ether oxygens (including phenoxy) is 2. The molecule has 0 aliphatic carbocycles. The Bertz CT molecular complexity index is 1080. The van der Waals surface area contributed by atoms with Crippen molar-refractivity contribution in [3.63, 3.8) is 0 Å². The van der Waals surface area contributed by atoms with E-state index in [1.54, 1.807) is 18.5 Å². The number of aromatic nitrogens is 5. The van der Waals surface area contributed by atoms with Gasteiger partial charge < -0.3 is 19.7 Å². The Morgan fingerprint density at radius 2 is 2.29 bits per heavy atom. The van der Waals surface area contributed by atoms with Crippen LogP contribution in [-0.4, -0.2) is 72.6 Å². The molecule has 31 heavy (non-hydrogen) atoms. The van der Waals surface area contributed by atoms with Crippen LogP contribution in [0.2, 0.25) is 5.02 Å². The van der Waals surface area contributed by atoms with E-state index in [9.17, 15) is 15.5 Å². The normalized spacial score (nSPS) is 26.0. The minimum atomic E-state index is -1.12. The van der Waals surface area contributed by atoms with E-state index in [2.05, 4.69) is 20.3 Å². The molecule has 0 aromatic carbocycles. The molecule has 0 saturated carbocycles. The maximum atomic E-state index is 10.9. The van der Waals surface area contributed by atoms with Gasteiger partial charge >= 0.3 is 0 Å². The maximum absolute atomic E-state index is 10.9. The molecule has 1 saturated heterocycles. The minimum Gasteiger partial charge on any atom is -0.394 e. The van der Waals surface area contributed by atoms with Gasteiger partial charge in [0.05, 0.1) is 17.8 Å². The van der Waals surface area contributed by atoms with E-state index < -0.39 is 36.4 Å². The van der Waals surface area contributed by atoms with Crippen molar-refractivity contribution in [1.82, 2.24) is 25.0 Å². The number of pyridine rings is 1. The van der Waals surface area contributed by atoms with Gasteiger partial charge in [0.2, 0.25) is 0 Å². The van der Waals surface area contributed by atoms with E-state index >= 15 is 0 Å². The Morgan fingerprint density at radius 3 is 2.97 bits per heavy atom. The average molecular weight is 481 g/mol.